The number of benzene rings is 8. The second-order valence-corrected chi connectivity index (χ2v) is 22.9. The Bertz CT molecular complexity index is 3180. The summed E-state index contributed by atoms with van der Waals surface area (Å²) in [6, 6.07) is 53.8. The SMILES string of the molecule is CCc1cc(CC)cc(C(C)c2cc(C)cc(C(C)c3cc(CC)cc(CC)c3)c2-n2c[n+](-c3c(C(C)c4cc(CC)cc(CC)c4)cc(C)cc3C(C)c3cc(CC)cc(CC)c3)c3c2-c2cccc4cccc-3c24)c1. The molecule has 0 spiro atoms. The molecule has 8 aromatic carbocycles. The van der Waals surface area contributed by atoms with Gasteiger partial charge in [-0.1, -0.05) is 216 Å². The van der Waals surface area contributed by atoms with Gasteiger partial charge in [0.05, 0.1) is 0 Å². The maximum atomic E-state index is 2.69. The Hall–Kier alpha value is -6.77. The molecule has 4 atom stereocenters. The highest BCUT2D eigenvalue weighted by Gasteiger charge is 2.41. The Labute approximate surface area is 463 Å². The van der Waals surface area contributed by atoms with E-state index in [0.717, 1.165) is 51.4 Å². The molecule has 77 heavy (non-hydrogen) atoms. The van der Waals surface area contributed by atoms with Crippen molar-refractivity contribution in [3.05, 3.63) is 240 Å². The molecule has 0 fully saturated rings. The number of rotatable bonds is 18. The van der Waals surface area contributed by atoms with Crippen LogP contribution >= 0.6 is 0 Å². The van der Waals surface area contributed by atoms with E-state index in [0.29, 0.717) is 0 Å². The highest BCUT2D eigenvalue weighted by molar-refractivity contribution is 6.13. The molecule has 2 nitrogen and oxygen atoms in total. The summed E-state index contributed by atoms with van der Waals surface area (Å²) < 4.78 is 5.39. The van der Waals surface area contributed by atoms with Crippen molar-refractivity contribution in [2.75, 3.05) is 0 Å². The van der Waals surface area contributed by atoms with Crippen LogP contribution in [0.4, 0.5) is 0 Å². The molecule has 0 radical (unpaired) electrons. The minimum atomic E-state index is 0.120. The summed E-state index contributed by atoms with van der Waals surface area (Å²) in [7, 11) is 0. The lowest BCUT2D eigenvalue weighted by Gasteiger charge is -2.25. The second kappa shape index (κ2) is 22.3. The van der Waals surface area contributed by atoms with Crippen molar-refractivity contribution in [3.63, 3.8) is 0 Å². The van der Waals surface area contributed by atoms with Crippen LogP contribution in [0.15, 0.2) is 140 Å². The Kier molecular flexibility index (Phi) is 15.5. The third-order valence-electron chi connectivity index (χ3n) is 17.9. The van der Waals surface area contributed by atoms with E-state index < -0.39 is 0 Å². The zero-order valence-electron chi connectivity index (χ0n) is 49.1. The van der Waals surface area contributed by atoms with Crippen molar-refractivity contribution in [1.82, 2.24) is 4.57 Å². The summed E-state index contributed by atoms with van der Waals surface area (Å²) in [6.45, 7) is 33.0. The topological polar surface area (TPSA) is 8.81 Å². The van der Waals surface area contributed by atoms with E-state index in [-0.39, 0.29) is 23.7 Å². The Morgan fingerprint density at radius 1 is 0.377 bits per heavy atom. The highest BCUT2D eigenvalue weighted by atomic mass is 15.2. The molecule has 0 bridgehead atoms. The second-order valence-electron chi connectivity index (χ2n) is 22.9. The molecule has 1 heterocycles. The van der Waals surface area contributed by atoms with Gasteiger partial charge in [-0.05, 0) is 149 Å². The molecule has 1 aromatic heterocycles. The summed E-state index contributed by atoms with van der Waals surface area (Å²) >= 11 is 0. The summed E-state index contributed by atoms with van der Waals surface area (Å²) in [5.41, 5.74) is 32.7. The number of aryl methyl sites for hydroxylation is 10. The minimum absolute atomic E-state index is 0.120. The first-order valence-corrected chi connectivity index (χ1v) is 29.7. The zero-order valence-corrected chi connectivity index (χ0v) is 49.1. The molecule has 0 saturated carbocycles. The predicted octanol–water partition coefficient (Wildman–Crippen LogP) is 19.3. The molecule has 1 aliphatic carbocycles. The lowest BCUT2D eigenvalue weighted by molar-refractivity contribution is -0.584. The molecule has 394 valence electrons. The average Bonchev–Trinajstić information content (AvgIpc) is 4.21. The largest absolute Gasteiger partial charge is 0.255 e. The molecule has 9 aromatic rings. The Morgan fingerprint density at radius 3 is 1.03 bits per heavy atom. The van der Waals surface area contributed by atoms with E-state index in [1.54, 1.807) is 0 Å². The van der Waals surface area contributed by atoms with Crippen molar-refractivity contribution in [2.45, 2.75) is 172 Å². The first-order valence-electron chi connectivity index (χ1n) is 29.7. The molecule has 0 amide bonds. The van der Waals surface area contributed by atoms with Crippen LogP contribution in [0.3, 0.4) is 0 Å². The number of hydrogen-bond acceptors (Lipinski definition) is 0. The normalized spacial score (nSPS) is 13.5. The lowest BCUT2D eigenvalue weighted by Crippen LogP contribution is -2.35. The van der Waals surface area contributed by atoms with Crippen LogP contribution in [-0.2, 0) is 51.4 Å². The van der Waals surface area contributed by atoms with Crippen LogP contribution < -0.4 is 4.57 Å². The Morgan fingerprint density at radius 2 is 0.688 bits per heavy atom. The standard InChI is InChI=1S/C75H85N2/c1-15-52-33-53(16-2)38-61(37-52)48(11)67-29-46(9)30-68(49(12)62-39-54(17-3)34-55(18-4)40-62)72(67)76-45-77(75-66-28-24-26-60-25-23-27-65(71(60)66)74(75)76)73-69(50(13)63-41-56(19-5)35-57(20-6)42-63)31-47(10)32-70(73)51(14)64-43-58(21-7)36-59(22-8)44-64/h23-45,48-51H,15-22H2,1-14H3/q+1. The van der Waals surface area contributed by atoms with Crippen LogP contribution in [0.1, 0.15) is 207 Å². The number of aromatic nitrogens is 2. The van der Waals surface area contributed by atoms with Gasteiger partial charge in [0.2, 0.25) is 0 Å². The molecular weight excluding hydrogens is 929 g/mol. The fourth-order valence-electron chi connectivity index (χ4n) is 13.1. The summed E-state index contributed by atoms with van der Waals surface area (Å²) in [5.74, 6) is 0.480. The summed E-state index contributed by atoms with van der Waals surface area (Å²) in [4.78, 5) is 0. The summed E-state index contributed by atoms with van der Waals surface area (Å²) in [5, 5.41) is 2.62. The van der Waals surface area contributed by atoms with Crippen LogP contribution in [-0.4, -0.2) is 4.57 Å². The van der Waals surface area contributed by atoms with Crippen LogP contribution in [0, 0.1) is 13.8 Å². The van der Waals surface area contributed by atoms with Crippen molar-refractivity contribution in [1.29, 1.82) is 0 Å². The van der Waals surface area contributed by atoms with Gasteiger partial charge in [-0.3, -0.25) is 0 Å². The van der Waals surface area contributed by atoms with Crippen molar-refractivity contribution in [3.8, 4) is 33.9 Å². The predicted molar refractivity (Wildman–Crippen MR) is 330 cm³/mol. The zero-order chi connectivity index (χ0) is 54.4. The molecule has 2 heteroatoms. The number of hydrogen-bond donors (Lipinski definition) is 0. The van der Waals surface area contributed by atoms with E-state index in [4.69, 9.17) is 0 Å². The van der Waals surface area contributed by atoms with Gasteiger partial charge in [-0.25, -0.2) is 0 Å². The average molecular weight is 1010 g/mol. The van der Waals surface area contributed by atoms with Crippen LogP contribution in [0.5, 0.6) is 0 Å². The molecule has 0 saturated heterocycles. The lowest BCUT2D eigenvalue weighted by atomic mass is 9.82. The number of fused-ring (bicyclic) bond motifs is 3. The summed E-state index contributed by atoms with van der Waals surface area (Å²) in [6.07, 6.45) is 10.7. The molecule has 4 unspecified atom stereocenters. The van der Waals surface area contributed by atoms with E-state index in [1.165, 1.54) is 145 Å². The third-order valence-corrected chi connectivity index (χ3v) is 17.9. The van der Waals surface area contributed by atoms with Gasteiger partial charge < -0.3 is 0 Å². The van der Waals surface area contributed by atoms with Gasteiger partial charge in [0.15, 0.2) is 11.4 Å². The highest BCUT2D eigenvalue weighted by Crippen LogP contribution is 2.50. The fourth-order valence-corrected chi connectivity index (χ4v) is 13.1. The van der Waals surface area contributed by atoms with Gasteiger partial charge in [-0.15, -0.1) is 0 Å². The van der Waals surface area contributed by atoms with Gasteiger partial charge in [0.25, 0.3) is 6.33 Å². The Balaban J connectivity index is 1.36. The molecule has 0 N–H and O–H groups in total. The monoisotopic (exact) mass is 1010 g/mol. The van der Waals surface area contributed by atoms with Crippen LogP contribution in [0.25, 0.3) is 44.7 Å². The van der Waals surface area contributed by atoms with Crippen molar-refractivity contribution < 1.29 is 4.57 Å². The molecule has 10 rings (SSSR count). The minimum Gasteiger partial charge on any atom is -0.193 e. The van der Waals surface area contributed by atoms with E-state index in [9.17, 15) is 0 Å². The van der Waals surface area contributed by atoms with Gasteiger partial charge in [0.1, 0.15) is 11.4 Å². The molecular formula is C75H85N2+. The van der Waals surface area contributed by atoms with Gasteiger partial charge in [0, 0.05) is 62.4 Å². The first-order chi connectivity index (χ1) is 37.2. The third kappa shape index (κ3) is 9.96. The van der Waals surface area contributed by atoms with Gasteiger partial charge >= 0.3 is 0 Å². The number of nitrogens with zero attached hydrogens (tertiary/aromatic N) is 2. The van der Waals surface area contributed by atoms with E-state index >= 15 is 0 Å². The first kappa shape index (κ1) is 53.6. The van der Waals surface area contributed by atoms with E-state index in [1.807, 2.05) is 0 Å². The quantitative estimate of drug-likeness (QED) is 0.0758. The van der Waals surface area contributed by atoms with Crippen LogP contribution in [0.2, 0.25) is 0 Å². The van der Waals surface area contributed by atoms with Crippen molar-refractivity contribution in [2.24, 2.45) is 0 Å². The number of imidazole rings is 1. The maximum Gasteiger partial charge on any atom is 0.255 e. The van der Waals surface area contributed by atoms with Crippen molar-refractivity contribution >= 4 is 10.8 Å². The fraction of sp³-hybridized carbons (Fsp3) is 0.347. The maximum absolute atomic E-state index is 2.69. The van der Waals surface area contributed by atoms with Gasteiger partial charge in [-0.2, -0.15) is 9.13 Å². The smallest absolute Gasteiger partial charge is 0.193 e. The molecule has 1 aliphatic rings. The van der Waals surface area contributed by atoms with E-state index in [2.05, 4.69) is 246 Å². The molecule has 0 aliphatic heterocycles.